The highest BCUT2D eigenvalue weighted by Crippen LogP contribution is 2.33. The van der Waals surface area contributed by atoms with Gasteiger partial charge >= 0.3 is 0 Å². The molecule has 0 amide bonds. The van der Waals surface area contributed by atoms with Crippen LogP contribution < -0.4 is 4.90 Å². The summed E-state index contributed by atoms with van der Waals surface area (Å²) in [5, 5.41) is 10.1. The molecule has 0 bridgehead atoms. The summed E-state index contributed by atoms with van der Waals surface area (Å²) in [5.41, 5.74) is 2.08. The second-order valence-electron chi connectivity index (χ2n) is 4.82. The Morgan fingerprint density at radius 3 is 2.76 bits per heavy atom. The molecule has 1 fully saturated rings. The lowest BCUT2D eigenvalue weighted by Gasteiger charge is -2.26. The average molecular weight is 254 g/mol. The van der Waals surface area contributed by atoms with E-state index in [4.69, 9.17) is 11.6 Å². The summed E-state index contributed by atoms with van der Waals surface area (Å²) in [4.78, 5) is 2.39. The third-order valence-electron chi connectivity index (χ3n) is 3.22. The molecule has 0 spiro atoms. The SMILES string of the molecule is CCCN(CC1CC1)c1ccc(Cl)cc1CO. The first-order valence-corrected chi connectivity index (χ1v) is 6.76. The van der Waals surface area contributed by atoms with Gasteiger partial charge in [-0.15, -0.1) is 0 Å². The summed E-state index contributed by atoms with van der Waals surface area (Å²) in [6.07, 6.45) is 3.82. The van der Waals surface area contributed by atoms with Gasteiger partial charge in [0, 0.05) is 29.4 Å². The van der Waals surface area contributed by atoms with Gasteiger partial charge in [-0.3, -0.25) is 0 Å². The monoisotopic (exact) mass is 253 g/mol. The van der Waals surface area contributed by atoms with Crippen molar-refractivity contribution in [3.8, 4) is 0 Å². The molecule has 0 atom stereocenters. The quantitative estimate of drug-likeness (QED) is 0.839. The predicted octanol–water partition coefficient (Wildman–Crippen LogP) is 3.46. The van der Waals surface area contributed by atoms with Crippen molar-refractivity contribution >= 4 is 17.3 Å². The minimum Gasteiger partial charge on any atom is -0.392 e. The van der Waals surface area contributed by atoms with Gasteiger partial charge in [0.1, 0.15) is 0 Å². The van der Waals surface area contributed by atoms with Gasteiger partial charge in [0.25, 0.3) is 0 Å². The minimum atomic E-state index is 0.0563. The Balaban J connectivity index is 2.20. The van der Waals surface area contributed by atoms with Gasteiger partial charge in [-0.05, 0) is 43.4 Å². The van der Waals surface area contributed by atoms with E-state index in [-0.39, 0.29) is 6.61 Å². The molecule has 0 heterocycles. The molecule has 3 heteroatoms. The molecular weight excluding hydrogens is 234 g/mol. The molecule has 1 N–H and O–H groups in total. The molecule has 0 saturated heterocycles. The zero-order chi connectivity index (χ0) is 12.3. The lowest BCUT2D eigenvalue weighted by atomic mass is 10.1. The number of benzene rings is 1. The molecule has 2 rings (SSSR count). The Kier molecular flexibility index (Phi) is 4.30. The van der Waals surface area contributed by atoms with Crippen LogP contribution in [-0.2, 0) is 6.61 Å². The fourth-order valence-corrected chi connectivity index (χ4v) is 2.38. The summed E-state index contributed by atoms with van der Waals surface area (Å²) in [6.45, 7) is 4.41. The van der Waals surface area contributed by atoms with Crippen LogP contribution in [0.15, 0.2) is 18.2 Å². The van der Waals surface area contributed by atoms with E-state index in [1.807, 2.05) is 18.2 Å². The smallest absolute Gasteiger partial charge is 0.0702 e. The highest BCUT2D eigenvalue weighted by molar-refractivity contribution is 6.30. The molecule has 1 aliphatic carbocycles. The van der Waals surface area contributed by atoms with E-state index >= 15 is 0 Å². The Hall–Kier alpha value is -0.730. The molecule has 2 nitrogen and oxygen atoms in total. The molecule has 17 heavy (non-hydrogen) atoms. The summed E-state index contributed by atoms with van der Waals surface area (Å²) in [5.74, 6) is 0.851. The van der Waals surface area contributed by atoms with Crippen molar-refractivity contribution in [3.05, 3.63) is 28.8 Å². The number of rotatable bonds is 6. The Labute approximate surface area is 108 Å². The third kappa shape index (κ3) is 3.36. The fraction of sp³-hybridized carbons (Fsp3) is 0.571. The fourth-order valence-electron chi connectivity index (χ4n) is 2.18. The van der Waals surface area contributed by atoms with Gasteiger partial charge in [0.2, 0.25) is 0 Å². The van der Waals surface area contributed by atoms with Crippen molar-refractivity contribution in [1.82, 2.24) is 0 Å². The van der Waals surface area contributed by atoms with E-state index in [2.05, 4.69) is 11.8 Å². The number of halogens is 1. The summed E-state index contributed by atoms with van der Waals surface area (Å²) in [6, 6.07) is 5.81. The number of anilines is 1. The third-order valence-corrected chi connectivity index (χ3v) is 3.46. The molecule has 1 aliphatic rings. The number of nitrogens with zero attached hydrogens (tertiary/aromatic N) is 1. The average Bonchev–Trinajstić information content (AvgIpc) is 3.12. The lowest BCUT2D eigenvalue weighted by molar-refractivity contribution is 0.282. The van der Waals surface area contributed by atoms with Gasteiger partial charge in [-0.25, -0.2) is 0 Å². The van der Waals surface area contributed by atoms with Crippen molar-refractivity contribution in [2.45, 2.75) is 32.8 Å². The number of aliphatic hydroxyl groups excluding tert-OH is 1. The number of hydrogen-bond acceptors (Lipinski definition) is 2. The Morgan fingerprint density at radius 1 is 1.41 bits per heavy atom. The van der Waals surface area contributed by atoms with Crippen molar-refractivity contribution in [1.29, 1.82) is 0 Å². The maximum absolute atomic E-state index is 9.42. The second kappa shape index (κ2) is 5.74. The molecule has 0 radical (unpaired) electrons. The highest BCUT2D eigenvalue weighted by Gasteiger charge is 2.25. The van der Waals surface area contributed by atoms with Crippen molar-refractivity contribution in [2.75, 3.05) is 18.0 Å². The van der Waals surface area contributed by atoms with Gasteiger partial charge in [0.15, 0.2) is 0 Å². The standard InChI is InChI=1S/C14H20ClNO/c1-2-7-16(9-11-3-4-11)14-6-5-13(15)8-12(14)10-17/h5-6,8,11,17H,2-4,7,9-10H2,1H3. The molecule has 0 aliphatic heterocycles. The van der Waals surface area contributed by atoms with Gasteiger partial charge in [0.05, 0.1) is 6.61 Å². The van der Waals surface area contributed by atoms with E-state index in [9.17, 15) is 5.11 Å². The first-order valence-electron chi connectivity index (χ1n) is 6.38. The molecule has 0 aromatic heterocycles. The lowest BCUT2D eigenvalue weighted by Crippen LogP contribution is -2.27. The number of aliphatic hydroxyl groups is 1. The molecule has 94 valence electrons. The summed E-state index contributed by atoms with van der Waals surface area (Å²) in [7, 11) is 0. The van der Waals surface area contributed by atoms with Crippen molar-refractivity contribution in [2.24, 2.45) is 5.92 Å². The van der Waals surface area contributed by atoms with E-state index in [1.165, 1.54) is 12.8 Å². The van der Waals surface area contributed by atoms with E-state index in [1.54, 1.807) is 0 Å². The van der Waals surface area contributed by atoms with Gasteiger partial charge in [-0.1, -0.05) is 18.5 Å². The topological polar surface area (TPSA) is 23.5 Å². The van der Waals surface area contributed by atoms with Crippen LogP contribution >= 0.6 is 11.6 Å². The van der Waals surface area contributed by atoms with Crippen LogP contribution in [0.3, 0.4) is 0 Å². The van der Waals surface area contributed by atoms with Crippen LogP contribution in [0, 0.1) is 5.92 Å². The second-order valence-corrected chi connectivity index (χ2v) is 5.26. The number of hydrogen-bond donors (Lipinski definition) is 1. The van der Waals surface area contributed by atoms with E-state index in [0.29, 0.717) is 5.02 Å². The molecule has 1 aromatic carbocycles. The Bertz CT molecular complexity index is 376. The van der Waals surface area contributed by atoms with Crippen molar-refractivity contribution in [3.63, 3.8) is 0 Å². The normalized spacial score (nSPS) is 15.0. The summed E-state index contributed by atoms with van der Waals surface area (Å²) >= 11 is 5.97. The first kappa shape index (κ1) is 12.7. The van der Waals surface area contributed by atoms with Crippen molar-refractivity contribution < 1.29 is 5.11 Å². The minimum absolute atomic E-state index is 0.0563. The van der Waals surface area contributed by atoms with E-state index < -0.39 is 0 Å². The van der Waals surface area contributed by atoms with Crippen LogP contribution in [0.1, 0.15) is 31.7 Å². The van der Waals surface area contributed by atoms with Crippen LogP contribution in [-0.4, -0.2) is 18.2 Å². The summed E-state index contributed by atoms with van der Waals surface area (Å²) < 4.78 is 0. The zero-order valence-electron chi connectivity index (χ0n) is 10.3. The zero-order valence-corrected chi connectivity index (χ0v) is 11.1. The van der Waals surface area contributed by atoms with Crippen LogP contribution in [0.4, 0.5) is 5.69 Å². The molecule has 1 saturated carbocycles. The van der Waals surface area contributed by atoms with E-state index in [0.717, 1.165) is 36.7 Å². The largest absolute Gasteiger partial charge is 0.392 e. The molecule has 0 unspecified atom stereocenters. The predicted molar refractivity (Wildman–Crippen MR) is 72.6 cm³/mol. The maximum atomic E-state index is 9.42. The van der Waals surface area contributed by atoms with Gasteiger partial charge in [-0.2, -0.15) is 0 Å². The molecule has 1 aromatic rings. The molecular formula is C14H20ClNO. The van der Waals surface area contributed by atoms with Gasteiger partial charge < -0.3 is 10.0 Å². The maximum Gasteiger partial charge on any atom is 0.0702 e. The van der Waals surface area contributed by atoms with Crippen LogP contribution in [0.5, 0.6) is 0 Å². The van der Waals surface area contributed by atoms with Crippen LogP contribution in [0.2, 0.25) is 5.02 Å². The van der Waals surface area contributed by atoms with Crippen LogP contribution in [0.25, 0.3) is 0 Å². The highest BCUT2D eigenvalue weighted by atomic mass is 35.5. The Morgan fingerprint density at radius 2 is 2.18 bits per heavy atom. The first-order chi connectivity index (χ1) is 8.24.